The van der Waals surface area contributed by atoms with E-state index in [1.54, 1.807) is 12.5 Å². The van der Waals surface area contributed by atoms with Gasteiger partial charge in [-0.05, 0) is 73.0 Å². The Bertz CT molecular complexity index is 869. The standard InChI is InChI=1S/C20H22IN3O3/c1-14(27-18-4-2-3-11-25-18)19-22-9-10-24(19)12-17-13-26-20(23-17)15-5-7-16(21)8-6-15/h5-10,13-14,18H,2-4,11-12H2,1H3. The Morgan fingerprint density at radius 3 is 2.93 bits per heavy atom. The number of aromatic nitrogens is 3. The molecule has 1 aromatic carbocycles. The molecule has 0 saturated carbocycles. The topological polar surface area (TPSA) is 62.3 Å². The van der Waals surface area contributed by atoms with Gasteiger partial charge in [0.05, 0.1) is 12.2 Å². The summed E-state index contributed by atoms with van der Waals surface area (Å²) in [5.74, 6) is 1.49. The molecule has 4 rings (SSSR count). The molecule has 2 atom stereocenters. The third kappa shape index (κ3) is 4.59. The van der Waals surface area contributed by atoms with E-state index in [1.807, 2.05) is 42.0 Å². The van der Waals surface area contributed by atoms with Crippen LogP contribution in [0.3, 0.4) is 0 Å². The summed E-state index contributed by atoms with van der Waals surface area (Å²) < 4.78 is 20.6. The minimum absolute atomic E-state index is 0.140. The highest BCUT2D eigenvalue weighted by atomic mass is 127. The van der Waals surface area contributed by atoms with Crippen LogP contribution in [0.1, 0.15) is 43.8 Å². The van der Waals surface area contributed by atoms with Gasteiger partial charge in [0.25, 0.3) is 0 Å². The molecule has 3 heterocycles. The Morgan fingerprint density at radius 1 is 1.30 bits per heavy atom. The first-order chi connectivity index (χ1) is 13.2. The maximum absolute atomic E-state index is 6.05. The normalized spacial score (nSPS) is 18.5. The van der Waals surface area contributed by atoms with Gasteiger partial charge in [-0.2, -0.15) is 0 Å². The molecule has 0 aliphatic carbocycles. The van der Waals surface area contributed by atoms with Crippen molar-refractivity contribution in [2.45, 2.75) is 45.1 Å². The fourth-order valence-corrected chi connectivity index (χ4v) is 3.56. The van der Waals surface area contributed by atoms with Gasteiger partial charge in [0, 0.05) is 28.1 Å². The van der Waals surface area contributed by atoms with Crippen molar-refractivity contribution in [3.8, 4) is 11.5 Å². The Balaban J connectivity index is 1.44. The molecule has 0 amide bonds. The number of hydrogen-bond acceptors (Lipinski definition) is 5. The van der Waals surface area contributed by atoms with Crippen molar-refractivity contribution in [1.29, 1.82) is 0 Å². The van der Waals surface area contributed by atoms with Crippen LogP contribution in [0.2, 0.25) is 0 Å². The van der Waals surface area contributed by atoms with E-state index in [-0.39, 0.29) is 12.4 Å². The predicted molar refractivity (Wildman–Crippen MR) is 109 cm³/mol. The zero-order valence-electron chi connectivity index (χ0n) is 15.2. The lowest BCUT2D eigenvalue weighted by Gasteiger charge is -2.26. The predicted octanol–water partition coefficient (Wildman–Crippen LogP) is 4.80. The number of benzene rings is 1. The quantitative estimate of drug-likeness (QED) is 0.476. The van der Waals surface area contributed by atoms with Crippen LogP contribution in [-0.4, -0.2) is 27.4 Å². The molecular weight excluding hydrogens is 457 g/mol. The number of rotatable bonds is 6. The average Bonchev–Trinajstić information content (AvgIpc) is 3.33. The Morgan fingerprint density at radius 2 is 2.15 bits per heavy atom. The van der Waals surface area contributed by atoms with Crippen molar-refractivity contribution < 1.29 is 13.9 Å². The van der Waals surface area contributed by atoms with Crippen LogP contribution in [0.5, 0.6) is 0 Å². The first kappa shape index (κ1) is 18.6. The summed E-state index contributed by atoms with van der Waals surface area (Å²) in [7, 11) is 0. The van der Waals surface area contributed by atoms with Gasteiger partial charge in [0.2, 0.25) is 5.89 Å². The molecule has 27 heavy (non-hydrogen) atoms. The van der Waals surface area contributed by atoms with Crippen molar-refractivity contribution in [3.05, 3.63) is 58.0 Å². The van der Waals surface area contributed by atoms with E-state index in [4.69, 9.17) is 13.9 Å². The second-order valence-corrected chi connectivity index (χ2v) is 7.88. The van der Waals surface area contributed by atoms with Crippen LogP contribution in [0.25, 0.3) is 11.5 Å². The molecule has 0 N–H and O–H groups in total. The Kier molecular flexibility index (Phi) is 5.89. The number of imidazole rings is 1. The number of nitrogens with zero attached hydrogens (tertiary/aromatic N) is 3. The second-order valence-electron chi connectivity index (χ2n) is 6.64. The first-order valence-electron chi connectivity index (χ1n) is 9.17. The van der Waals surface area contributed by atoms with Crippen LogP contribution >= 0.6 is 22.6 Å². The van der Waals surface area contributed by atoms with Gasteiger partial charge in [-0.15, -0.1) is 0 Å². The lowest BCUT2D eigenvalue weighted by molar-refractivity contribution is -0.188. The van der Waals surface area contributed by atoms with Gasteiger partial charge in [0.15, 0.2) is 6.29 Å². The number of hydrogen-bond donors (Lipinski definition) is 0. The molecule has 3 aromatic rings. The van der Waals surface area contributed by atoms with Crippen LogP contribution < -0.4 is 0 Å². The summed E-state index contributed by atoms with van der Waals surface area (Å²) in [5.41, 5.74) is 1.82. The fourth-order valence-electron chi connectivity index (χ4n) is 3.20. The number of ether oxygens (including phenoxy) is 2. The molecule has 0 radical (unpaired) electrons. The van der Waals surface area contributed by atoms with Gasteiger partial charge in [-0.1, -0.05) is 0 Å². The van der Waals surface area contributed by atoms with Gasteiger partial charge < -0.3 is 18.5 Å². The van der Waals surface area contributed by atoms with E-state index >= 15 is 0 Å². The van der Waals surface area contributed by atoms with Gasteiger partial charge >= 0.3 is 0 Å². The molecule has 2 aromatic heterocycles. The summed E-state index contributed by atoms with van der Waals surface area (Å²) in [6.07, 6.45) is 8.33. The average molecular weight is 479 g/mol. The van der Waals surface area contributed by atoms with Crippen molar-refractivity contribution in [1.82, 2.24) is 14.5 Å². The molecule has 1 aliphatic rings. The molecule has 7 heteroatoms. The second kappa shape index (κ2) is 8.53. The highest BCUT2D eigenvalue weighted by Gasteiger charge is 2.21. The first-order valence-corrected chi connectivity index (χ1v) is 10.3. The largest absolute Gasteiger partial charge is 0.444 e. The van der Waals surface area contributed by atoms with Crippen LogP contribution in [0.4, 0.5) is 0 Å². The van der Waals surface area contributed by atoms with Gasteiger partial charge in [0.1, 0.15) is 18.2 Å². The summed E-state index contributed by atoms with van der Waals surface area (Å²) in [6, 6.07) is 8.11. The molecule has 142 valence electrons. The van der Waals surface area contributed by atoms with Crippen molar-refractivity contribution >= 4 is 22.6 Å². The number of halogens is 1. The maximum atomic E-state index is 6.05. The molecular formula is C20H22IN3O3. The van der Waals surface area contributed by atoms with Gasteiger partial charge in [-0.25, -0.2) is 9.97 Å². The fraction of sp³-hybridized carbons (Fsp3) is 0.400. The van der Waals surface area contributed by atoms with E-state index in [2.05, 4.69) is 32.6 Å². The van der Waals surface area contributed by atoms with Crippen LogP contribution in [-0.2, 0) is 16.0 Å². The minimum atomic E-state index is -0.148. The monoisotopic (exact) mass is 479 g/mol. The zero-order chi connectivity index (χ0) is 18.6. The van der Waals surface area contributed by atoms with Crippen molar-refractivity contribution in [3.63, 3.8) is 0 Å². The molecule has 0 spiro atoms. The van der Waals surface area contributed by atoms with E-state index in [0.29, 0.717) is 12.4 Å². The Hall–Kier alpha value is -1.71. The summed E-state index contributed by atoms with van der Waals surface area (Å²) in [4.78, 5) is 9.09. The molecule has 1 saturated heterocycles. The molecule has 1 aliphatic heterocycles. The highest BCUT2D eigenvalue weighted by molar-refractivity contribution is 14.1. The summed E-state index contributed by atoms with van der Waals surface area (Å²) >= 11 is 2.28. The van der Waals surface area contributed by atoms with Crippen molar-refractivity contribution in [2.75, 3.05) is 6.61 Å². The third-order valence-electron chi connectivity index (χ3n) is 4.58. The van der Waals surface area contributed by atoms with E-state index < -0.39 is 0 Å². The highest BCUT2D eigenvalue weighted by Crippen LogP contribution is 2.24. The molecule has 6 nitrogen and oxygen atoms in total. The third-order valence-corrected chi connectivity index (χ3v) is 5.30. The summed E-state index contributed by atoms with van der Waals surface area (Å²) in [6.45, 7) is 3.37. The van der Waals surface area contributed by atoms with Crippen molar-refractivity contribution in [2.24, 2.45) is 0 Å². The van der Waals surface area contributed by atoms with Gasteiger partial charge in [-0.3, -0.25) is 0 Å². The SMILES string of the molecule is CC(OC1CCCCO1)c1nccn1Cc1coc(-c2ccc(I)cc2)n1. The maximum Gasteiger partial charge on any atom is 0.226 e. The smallest absolute Gasteiger partial charge is 0.226 e. The summed E-state index contributed by atoms with van der Waals surface area (Å²) in [5, 5.41) is 0. The van der Waals surface area contributed by atoms with E-state index in [9.17, 15) is 0 Å². The Labute approximate surface area is 172 Å². The van der Waals surface area contributed by atoms with E-state index in [0.717, 1.165) is 43.0 Å². The lowest BCUT2D eigenvalue weighted by atomic mass is 10.2. The lowest BCUT2D eigenvalue weighted by Crippen LogP contribution is -2.24. The van der Waals surface area contributed by atoms with Crippen LogP contribution in [0.15, 0.2) is 47.3 Å². The molecule has 1 fully saturated rings. The molecule has 0 bridgehead atoms. The number of oxazole rings is 1. The molecule has 2 unspecified atom stereocenters. The van der Waals surface area contributed by atoms with E-state index in [1.165, 1.54) is 3.57 Å². The van der Waals surface area contributed by atoms with Crippen LogP contribution in [0, 0.1) is 3.57 Å². The minimum Gasteiger partial charge on any atom is -0.444 e. The zero-order valence-corrected chi connectivity index (χ0v) is 17.3.